The first-order valence-electron chi connectivity index (χ1n) is 15.0. The normalized spacial score (nSPS) is 12.9. The van der Waals surface area contributed by atoms with Gasteiger partial charge >= 0.3 is 0 Å². The SMILES string of the molecule is CCN1c2ccc(C=C(C)c3ccccc3)cc2C=Cc2cc(C=C(c3ccccc3)c3ccc(N(C)C)cc3)ccc21. The Morgan fingerprint density at radius 1 is 0.605 bits per heavy atom. The largest absolute Gasteiger partial charge is 0.378 e. The third-order valence-corrected chi connectivity index (χ3v) is 8.15. The van der Waals surface area contributed by atoms with Crippen LogP contribution in [0.25, 0.3) is 35.5 Å². The van der Waals surface area contributed by atoms with Crippen molar-refractivity contribution in [3.05, 3.63) is 160 Å². The molecular formula is C41H38N2. The average Bonchev–Trinajstić information content (AvgIpc) is 3.20. The minimum Gasteiger partial charge on any atom is -0.378 e. The van der Waals surface area contributed by atoms with E-state index >= 15 is 0 Å². The molecule has 0 amide bonds. The molecule has 2 nitrogen and oxygen atoms in total. The van der Waals surface area contributed by atoms with Crippen molar-refractivity contribution in [2.45, 2.75) is 13.8 Å². The van der Waals surface area contributed by atoms with E-state index in [0.717, 1.165) is 6.54 Å². The Labute approximate surface area is 256 Å². The number of hydrogen-bond acceptors (Lipinski definition) is 2. The van der Waals surface area contributed by atoms with Gasteiger partial charge in [-0.3, -0.25) is 0 Å². The Morgan fingerprint density at radius 3 is 1.65 bits per heavy atom. The molecule has 0 N–H and O–H groups in total. The van der Waals surface area contributed by atoms with Gasteiger partial charge in [0.15, 0.2) is 0 Å². The summed E-state index contributed by atoms with van der Waals surface area (Å²) in [5, 5.41) is 0. The first kappa shape index (κ1) is 28.1. The van der Waals surface area contributed by atoms with Gasteiger partial charge in [-0.2, -0.15) is 0 Å². The molecule has 0 fully saturated rings. The molecule has 1 heterocycles. The van der Waals surface area contributed by atoms with Crippen LogP contribution in [0.3, 0.4) is 0 Å². The average molecular weight is 559 g/mol. The number of fused-ring (bicyclic) bond motifs is 2. The smallest absolute Gasteiger partial charge is 0.0484 e. The molecule has 1 aliphatic rings. The zero-order chi connectivity index (χ0) is 29.8. The lowest BCUT2D eigenvalue weighted by atomic mass is 9.94. The second-order valence-electron chi connectivity index (χ2n) is 11.3. The lowest BCUT2D eigenvalue weighted by Gasteiger charge is -2.26. The molecule has 0 spiro atoms. The van der Waals surface area contributed by atoms with Crippen LogP contribution in [0.5, 0.6) is 0 Å². The Balaban J connectivity index is 1.38. The van der Waals surface area contributed by atoms with E-state index in [1.54, 1.807) is 0 Å². The van der Waals surface area contributed by atoms with E-state index in [9.17, 15) is 0 Å². The van der Waals surface area contributed by atoms with Crippen molar-refractivity contribution in [2.75, 3.05) is 30.4 Å². The van der Waals surface area contributed by atoms with Gasteiger partial charge in [0.1, 0.15) is 0 Å². The third-order valence-electron chi connectivity index (χ3n) is 8.15. The molecule has 0 saturated carbocycles. The minimum atomic E-state index is 0.891. The molecule has 1 aliphatic heterocycles. The van der Waals surface area contributed by atoms with Gasteiger partial charge in [0.25, 0.3) is 0 Å². The fourth-order valence-electron chi connectivity index (χ4n) is 5.83. The molecule has 0 aromatic heterocycles. The summed E-state index contributed by atoms with van der Waals surface area (Å²) in [5.74, 6) is 0. The molecule has 43 heavy (non-hydrogen) atoms. The first-order chi connectivity index (χ1) is 21.0. The minimum absolute atomic E-state index is 0.891. The summed E-state index contributed by atoms with van der Waals surface area (Å²) in [6.45, 7) is 5.30. The van der Waals surface area contributed by atoms with Crippen molar-refractivity contribution >= 4 is 52.5 Å². The maximum Gasteiger partial charge on any atom is 0.0484 e. The van der Waals surface area contributed by atoms with E-state index in [1.165, 1.54) is 67.2 Å². The van der Waals surface area contributed by atoms with Crippen LogP contribution in [-0.2, 0) is 0 Å². The molecule has 0 atom stereocenters. The molecule has 5 aromatic carbocycles. The van der Waals surface area contributed by atoms with Crippen LogP contribution < -0.4 is 9.80 Å². The van der Waals surface area contributed by atoms with Crippen LogP contribution in [0.2, 0.25) is 0 Å². The molecule has 2 heteroatoms. The van der Waals surface area contributed by atoms with Gasteiger partial charge in [0.05, 0.1) is 0 Å². The van der Waals surface area contributed by atoms with Crippen molar-refractivity contribution in [1.29, 1.82) is 0 Å². The van der Waals surface area contributed by atoms with Crippen molar-refractivity contribution < 1.29 is 0 Å². The molecule has 0 radical (unpaired) electrons. The summed E-state index contributed by atoms with van der Waals surface area (Å²) in [4.78, 5) is 4.56. The monoisotopic (exact) mass is 558 g/mol. The number of anilines is 3. The van der Waals surface area contributed by atoms with Gasteiger partial charge in [0.2, 0.25) is 0 Å². The van der Waals surface area contributed by atoms with Crippen LogP contribution in [-0.4, -0.2) is 20.6 Å². The van der Waals surface area contributed by atoms with E-state index in [0.29, 0.717) is 0 Å². The van der Waals surface area contributed by atoms with E-state index in [-0.39, 0.29) is 0 Å². The van der Waals surface area contributed by atoms with Gasteiger partial charge in [-0.05, 0) is 106 Å². The molecule has 0 bridgehead atoms. The first-order valence-corrected chi connectivity index (χ1v) is 15.0. The Bertz CT molecular complexity index is 1810. The number of hydrogen-bond donors (Lipinski definition) is 0. The maximum absolute atomic E-state index is 2.42. The summed E-state index contributed by atoms with van der Waals surface area (Å²) in [6.07, 6.45) is 9.13. The predicted molar refractivity (Wildman–Crippen MR) is 189 cm³/mol. The second-order valence-corrected chi connectivity index (χ2v) is 11.3. The van der Waals surface area contributed by atoms with E-state index in [4.69, 9.17) is 0 Å². The zero-order valence-corrected chi connectivity index (χ0v) is 25.5. The highest BCUT2D eigenvalue weighted by molar-refractivity contribution is 5.94. The van der Waals surface area contributed by atoms with Gasteiger partial charge < -0.3 is 9.80 Å². The van der Waals surface area contributed by atoms with Crippen LogP contribution in [0.15, 0.2) is 121 Å². The number of benzene rings is 5. The quantitative estimate of drug-likeness (QED) is 0.183. The highest BCUT2D eigenvalue weighted by Crippen LogP contribution is 2.38. The fourth-order valence-corrected chi connectivity index (χ4v) is 5.83. The molecule has 0 saturated heterocycles. The van der Waals surface area contributed by atoms with Gasteiger partial charge in [-0.15, -0.1) is 0 Å². The molecule has 6 rings (SSSR count). The van der Waals surface area contributed by atoms with Crippen molar-refractivity contribution in [3.8, 4) is 0 Å². The molecule has 212 valence electrons. The maximum atomic E-state index is 2.42. The second kappa shape index (κ2) is 12.4. The molecular weight excluding hydrogens is 520 g/mol. The molecule has 0 aliphatic carbocycles. The summed E-state index contributed by atoms with van der Waals surface area (Å²) >= 11 is 0. The summed E-state index contributed by atoms with van der Waals surface area (Å²) in [7, 11) is 4.15. The number of nitrogens with zero attached hydrogens (tertiary/aromatic N) is 2. The van der Waals surface area contributed by atoms with Crippen molar-refractivity contribution in [1.82, 2.24) is 0 Å². The van der Waals surface area contributed by atoms with Crippen molar-refractivity contribution in [3.63, 3.8) is 0 Å². The fraction of sp³-hybridized carbons (Fsp3) is 0.122. The van der Waals surface area contributed by atoms with Crippen LogP contribution >= 0.6 is 0 Å². The van der Waals surface area contributed by atoms with Gasteiger partial charge in [-0.25, -0.2) is 0 Å². The molecule has 0 unspecified atom stereocenters. The van der Waals surface area contributed by atoms with Gasteiger partial charge in [-0.1, -0.05) is 103 Å². The topological polar surface area (TPSA) is 6.48 Å². The van der Waals surface area contributed by atoms with Crippen LogP contribution in [0.1, 0.15) is 52.8 Å². The Kier molecular flexibility index (Phi) is 8.11. The highest BCUT2D eigenvalue weighted by atomic mass is 15.1. The lowest BCUT2D eigenvalue weighted by Crippen LogP contribution is -2.17. The lowest BCUT2D eigenvalue weighted by molar-refractivity contribution is 1.02. The summed E-state index contributed by atoms with van der Waals surface area (Å²) < 4.78 is 0. The highest BCUT2D eigenvalue weighted by Gasteiger charge is 2.17. The summed E-state index contributed by atoms with van der Waals surface area (Å²) in [5.41, 5.74) is 14.6. The van der Waals surface area contributed by atoms with E-state index in [2.05, 4.69) is 183 Å². The van der Waals surface area contributed by atoms with E-state index in [1.807, 2.05) is 0 Å². The third kappa shape index (κ3) is 6.10. The standard InChI is InChI=1S/C41H38N2/c1-5-43-40-24-16-31(26-30(2)33-12-8-6-9-13-33)27-36(40)18-19-37-28-32(17-25-41(37)43)29-39(34-14-10-7-11-15-34)35-20-22-38(23-21-35)42(3)4/h6-29H,5H2,1-4H3. The zero-order valence-electron chi connectivity index (χ0n) is 25.5. The number of allylic oxidation sites excluding steroid dienone is 1. The summed E-state index contributed by atoms with van der Waals surface area (Å²) in [6, 6.07) is 43.7. The van der Waals surface area contributed by atoms with E-state index < -0.39 is 0 Å². The number of rotatable bonds is 7. The van der Waals surface area contributed by atoms with Gasteiger partial charge in [0, 0.05) is 37.7 Å². The molecule has 5 aromatic rings. The predicted octanol–water partition coefficient (Wildman–Crippen LogP) is 10.5. The van der Waals surface area contributed by atoms with Crippen LogP contribution in [0, 0.1) is 0 Å². The Hall–Kier alpha value is -5.08. The Morgan fingerprint density at radius 2 is 1.12 bits per heavy atom. The van der Waals surface area contributed by atoms with Crippen LogP contribution in [0.4, 0.5) is 17.1 Å². The van der Waals surface area contributed by atoms with Crippen molar-refractivity contribution in [2.24, 2.45) is 0 Å².